The van der Waals surface area contributed by atoms with Crippen molar-refractivity contribution in [1.82, 2.24) is 19.5 Å². The number of imidazole rings is 1. The van der Waals surface area contributed by atoms with Gasteiger partial charge in [0.1, 0.15) is 24.6 Å². The normalized spacial score (nSPS) is 22.8. The Morgan fingerprint density at radius 1 is 1.09 bits per heavy atom. The van der Waals surface area contributed by atoms with Gasteiger partial charge in [-0.25, -0.2) is 15.0 Å². The topological polar surface area (TPSA) is 126 Å². The molecule has 0 saturated carbocycles. The SMILES string of the molecule is CCCCCCNc1ncnc2c1nc(SCc1ccccc1)n2[C@@H]1O[C@H](CO)[C@@H](O)[C@H]1O. The predicted molar refractivity (Wildman–Crippen MR) is 127 cm³/mol. The van der Waals surface area contributed by atoms with Crippen molar-refractivity contribution in [3.63, 3.8) is 0 Å². The number of benzene rings is 1. The molecule has 10 heteroatoms. The predicted octanol–water partition coefficient (Wildman–Crippen LogP) is 2.72. The van der Waals surface area contributed by atoms with E-state index in [1.54, 1.807) is 4.57 Å². The van der Waals surface area contributed by atoms with Crippen LogP contribution >= 0.6 is 11.8 Å². The van der Waals surface area contributed by atoms with Gasteiger partial charge in [0.05, 0.1) is 6.61 Å². The molecule has 178 valence electrons. The minimum Gasteiger partial charge on any atom is -0.394 e. The van der Waals surface area contributed by atoms with Crippen molar-refractivity contribution in [3.8, 4) is 0 Å². The van der Waals surface area contributed by atoms with Gasteiger partial charge in [-0.05, 0) is 12.0 Å². The smallest absolute Gasteiger partial charge is 0.172 e. The highest BCUT2D eigenvalue weighted by molar-refractivity contribution is 7.98. The Morgan fingerprint density at radius 3 is 2.64 bits per heavy atom. The quantitative estimate of drug-likeness (QED) is 0.246. The lowest BCUT2D eigenvalue weighted by Gasteiger charge is -2.19. The van der Waals surface area contributed by atoms with Gasteiger partial charge in [-0.1, -0.05) is 68.3 Å². The van der Waals surface area contributed by atoms with Crippen LogP contribution in [0.3, 0.4) is 0 Å². The van der Waals surface area contributed by atoms with Gasteiger partial charge in [-0.2, -0.15) is 0 Å². The van der Waals surface area contributed by atoms with Crippen molar-refractivity contribution in [1.29, 1.82) is 0 Å². The number of nitrogens with zero attached hydrogens (tertiary/aromatic N) is 4. The van der Waals surface area contributed by atoms with Crippen LogP contribution in [0.15, 0.2) is 41.8 Å². The molecular weight excluding hydrogens is 442 g/mol. The van der Waals surface area contributed by atoms with Crippen LogP contribution in [-0.2, 0) is 10.5 Å². The molecule has 33 heavy (non-hydrogen) atoms. The number of anilines is 1. The number of hydrogen-bond acceptors (Lipinski definition) is 9. The first kappa shape index (κ1) is 23.9. The zero-order chi connectivity index (χ0) is 23.2. The second kappa shape index (κ2) is 11.3. The van der Waals surface area contributed by atoms with E-state index in [1.165, 1.54) is 30.9 Å². The molecule has 4 N–H and O–H groups in total. The average Bonchev–Trinajstić information content (AvgIpc) is 3.35. The van der Waals surface area contributed by atoms with E-state index in [1.807, 2.05) is 30.3 Å². The van der Waals surface area contributed by atoms with E-state index < -0.39 is 31.1 Å². The number of aliphatic hydroxyl groups excluding tert-OH is 3. The van der Waals surface area contributed by atoms with Gasteiger partial charge < -0.3 is 25.4 Å². The molecule has 1 aliphatic rings. The van der Waals surface area contributed by atoms with Gasteiger partial charge in [0.25, 0.3) is 0 Å². The average molecular weight is 474 g/mol. The van der Waals surface area contributed by atoms with Gasteiger partial charge in [-0.3, -0.25) is 4.57 Å². The van der Waals surface area contributed by atoms with Crippen LogP contribution in [0.25, 0.3) is 11.2 Å². The molecule has 0 radical (unpaired) electrons. The van der Waals surface area contributed by atoms with Crippen molar-refractivity contribution in [2.24, 2.45) is 0 Å². The molecule has 0 aliphatic carbocycles. The Balaban J connectivity index is 1.66. The fraction of sp³-hybridized carbons (Fsp3) is 0.522. The zero-order valence-corrected chi connectivity index (χ0v) is 19.5. The Hall–Kier alpha value is -2.24. The molecule has 0 amide bonds. The summed E-state index contributed by atoms with van der Waals surface area (Å²) in [5, 5.41) is 34.5. The second-order valence-corrected chi connectivity index (χ2v) is 9.09. The van der Waals surface area contributed by atoms with E-state index in [0.717, 1.165) is 24.9 Å². The molecule has 9 nitrogen and oxygen atoms in total. The number of fused-ring (bicyclic) bond motifs is 1. The first-order chi connectivity index (χ1) is 16.1. The minimum absolute atomic E-state index is 0.395. The first-order valence-corrected chi connectivity index (χ1v) is 12.4. The molecule has 3 heterocycles. The summed E-state index contributed by atoms with van der Waals surface area (Å²) in [4.78, 5) is 13.6. The van der Waals surface area contributed by atoms with E-state index >= 15 is 0 Å². The van der Waals surface area contributed by atoms with Gasteiger partial charge in [0.2, 0.25) is 0 Å². The molecular formula is C23H31N5O4S. The van der Waals surface area contributed by atoms with E-state index in [-0.39, 0.29) is 0 Å². The van der Waals surface area contributed by atoms with Crippen molar-refractivity contribution in [3.05, 3.63) is 42.2 Å². The molecule has 4 atom stereocenters. The number of thioether (sulfide) groups is 1. The fourth-order valence-corrected chi connectivity index (χ4v) is 4.90. The Kier molecular flexibility index (Phi) is 8.15. The summed E-state index contributed by atoms with van der Waals surface area (Å²) in [6, 6.07) is 10.0. The molecule has 1 fully saturated rings. The highest BCUT2D eigenvalue weighted by Gasteiger charge is 2.45. The Bertz CT molecular complexity index is 1030. The molecule has 0 unspecified atom stereocenters. The summed E-state index contributed by atoms with van der Waals surface area (Å²) in [7, 11) is 0. The van der Waals surface area contributed by atoms with Crippen LogP contribution in [0.4, 0.5) is 5.82 Å². The first-order valence-electron chi connectivity index (χ1n) is 11.4. The molecule has 1 aliphatic heterocycles. The van der Waals surface area contributed by atoms with Crippen molar-refractivity contribution >= 4 is 28.7 Å². The summed E-state index contributed by atoms with van der Waals surface area (Å²) >= 11 is 1.49. The molecule has 3 aromatic rings. The third-order valence-electron chi connectivity index (χ3n) is 5.75. The summed E-state index contributed by atoms with van der Waals surface area (Å²) in [5.41, 5.74) is 2.22. The molecule has 2 aromatic heterocycles. The van der Waals surface area contributed by atoms with Crippen molar-refractivity contribution in [2.75, 3.05) is 18.5 Å². The summed E-state index contributed by atoms with van der Waals surface area (Å²) in [5.74, 6) is 1.29. The summed E-state index contributed by atoms with van der Waals surface area (Å²) in [6.45, 7) is 2.56. The summed E-state index contributed by atoms with van der Waals surface area (Å²) < 4.78 is 7.53. The van der Waals surface area contributed by atoms with Gasteiger partial charge in [0, 0.05) is 12.3 Å². The lowest BCUT2D eigenvalue weighted by molar-refractivity contribution is -0.0548. The minimum atomic E-state index is -1.23. The Morgan fingerprint density at radius 2 is 1.91 bits per heavy atom. The highest BCUT2D eigenvalue weighted by Crippen LogP contribution is 2.37. The largest absolute Gasteiger partial charge is 0.394 e. The van der Waals surface area contributed by atoms with Crippen LogP contribution in [-0.4, -0.2) is 66.3 Å². The number of aliphatic hydroxyl groups is 3. The number of ether oxygens (including phenoxy) is 1. The van der Waals surface area contributed by atoms with Crippen molar-refractivity contribution in [2.45, 2.75) is 68.1 Å². The van der Waals surface area contributed by atoms with Gasteiger partial charge in [0.15, 0.2) is 28.4 Å². The monoisotopic (exact) mass is 473 g/mol. The van der Waals surface area contributed by atoms with Crippen LogP contribution in [0.1, 0.15) is 44.4 Å². The number of hydrogen-bond donors (Lipinski definition) is 4. The molecule has 0 bridgehead atoms. The highest BCUT2D eigenvalue weighted by atomic mass is 32.2. The lowest BCUT2D eigenvalue weighted by Crippen LogP contribution is -2.33. The van der Waals surface area contributed by atoms with E-state index in [4.69, 9.17) is 9.72 Å². The van der Waals surface area contributed by atoms with E-state index in [0.29, 0.717) is 27.9 Å². The van der Waals surface area contributed by atoms with Crippen LogP contribution in [0.2, 0.25) is 0 Å². The number of unbranched alkanes of at least 4 members (excludes halogenated alkanes) is 3. The fourth-order valence-electron chi connectivity index (χ4n) is 3.92. The third-order valence-corrected chi connectivity index (χ3v) is 6.77. The second-order valence-electron chi connectivity index (χ2n) is 8.15. The van der Waals surface area contributed by atoms with E-state index in [9.17, 15) is 15.3 Å². The van der Waals surface area contributed by atoms with Gasteiger partial charge in [-0.15, -0.1) is 0 Å². The zero-order valence-electron chi connectivity index (χ0n) is 18.7. The summed E-state index contributed by atoms with van der Waals surface area (Å²) in [6.07, 6.45) is 1.77. The number of rotatable bonds is 11. The molecule has 1 saturated heterocycles. The van der Waals surface area contributed by atoms with Crippen molar-refractivity contribution < 1.29 is 20.1 Å². The number of aromatic nitrogens is 4. The van der Waals surface area contributed by atoms with Crippen LogP contribution < -0.4 is 5.32 Å². The standard InChI is InChI=1S/C23H31N5O4S/c1-2-3-4-8-11-24-20-17-21(26-14-25-20)28(22-19(31)18(30)16(12-29)32-22)23(27-17)33-13-15-9-6-5-7-10-15/h5-7,9-10,14,16,18-19,22,29-31H,2-4,8,11-13H2,1H3,(H,24,25,26)/t16-,18-,19-,22-/m1/s1. The molecule has 4 rings (SSSR count). The van der Waals surface area contributed by atoms with Gasteiger partial charge >= 0.3 is 0 Å². The number of nitrogens with one attached hydrogen (secondary N) is 1. The van der Waals surface area contributed by atoms with Crippen LogP contribution in [0.5, 0.6) is 0 Å². The molecule has 1 aromatic carbocycles. The van der Waals surface area contributed by atoms with E-state index in [2.05, 4.69) is 22.2 Å². The maximum absolute atomic E-state index is 10.7. The van der Waals surface area contributed by atoms with Crippen LogP contribution in [0, 0.1) is 0 Å². The molecule has 0 spiro atoms. The maximum Gasteiger partial charge on any atom is 0.172 e. The maximum atomic E-state index is 10.7. The third kappa shape index (κ3) is 5.30. The lowest BCUT2D eigenvalue weighted by atomic mass is 10.1. The Labute approximate surface area is 197 Å².